The Labute approximate surface area is 146 Å². The van der Waals surface area contributed by atoms with Gasteiger partial charge in [0.05, 0.1) is 9.77 Å². The molecule has 1 aromatic heterocycles. The van der Waals surface area contributed by atoms with Gasteiger partial charge in [-0.25, -0.2) is 12.7 Å². The number of thiophene rings is 1. The van der Waals surface area contributed by atoms with Crippen LogP contribution in [0.15, 0.2) is 29.2 Å². The molecular formula is C17H20N2O3S2. The Morgan fingerprint density at radius 3 is 2.62 bits per heavy atom. The SMILES string of the molecule is Cc1ccc(S(=O)(=O)N(C)C)cc1NC(=O)c1cc2c(s1)CCC2. The Morgan fingerprint density at radius 1 is 1.21 bits per heavy atom. The lowest BCUT2D eigenvalue weighted by Crippen LogP contribution is -2.22. The van der Waals surface area contributed by atoms with Crippen LogP contribution in [0.4, 0.5) is 5.69 Å². The molecule has 2 aromatic rings. The van der Waals surface area contributed by atoms with Crippen LogP contribution in [-0.4, -0.2) is 32.7 Å². The summed E-state index contributed by atoms with van der Waals surface area (Å²) in [4.78, 5) is 14.6. The maximum absolute atomic E-state index is 12.5. The topological polar surface area (TPSA) is 66.5 Å². The first-order chi connectivity index (χ1) is 11.3. The van der Waals surface area contributed by atoms with E-state index in [4.69, 9.17) is 0 Å². The molecule has 0 saturated carbocycles. The molecule has 1 aromatic carbocycles. The van der Waals surface area contributed by atoms with E-state index >= 15 is 0 Å². The number of amides is 1. The quantitative estimate of drug-likeness (QED) is 0.907. The summed E-state index contributed by atoms with van der Waals surface area (Å²) in [5.41, 5.74) is 2.62. The van der Waals surface area contributed by atoms with Crippen LogP contribution in [0, 0.1) is 6.92 Å². The van der Waals surface area contributed by atoms with E-state index in [9.17, 15) is 13.2 Å². The van der Waals surface area contributed by atoms with Crippen molar-refractivity contribution < 1.29 is 13.2 Å². The third-order valence-electron chi connectivity index (χ3n) is 4.21. The second-order valence-electron chi connectivity index (χ2n) is 6.13. The molecular weight excluding hydrogens is 344 g/mol. The van der Waals surface area contributed by atoms with Gasteiger partial charge in [0.1, 0.15) is 0 Å². The number of benzene rings is 1. The summed E-state index contributed by atoms with van der Waals surface area (Å²) >= 11 is 1.53. The minimum absolute atomic E-state index is 0.169. The van der Waals surface area contributed by atoms with Crippen molar-refractivity contribution >= 4 is 33.0 Å². The van der Waals surface area contributed by atoms with E-state index in [-0.39, 0.29) is 10.8 Å². The highest BCUT2D eigenvalue weighted by atomic mass is 32.2. The molecule has 5 nitrogen and oxygen atoms in total. The highest BCUT2D eigenvalue weighted by Gasteiger charge is 2.21. The largest absolute Gasteiger partial charge is 0.321 e. The molecule has 0 unspecified atom stereocenters. The van der Waals surface area contributed by atoms with Gasteiger partial charge in [-0.2, -0.15) is 0 Å². The fourth-order valence-electron chi connectivity index (χ4n) is 2.73. The Morgan fingerprint density at radius 2 is 1.96 bits per heavy atom. The van der Waals surface area contributed by atoms with Gasteiger partial charge in [-0.1, -0.05) is 6.07 Å². The first-order valence-corrected chi connectivity index (χ1v) is 10.0. The fourth-order valence-corrected chi connectivity index (χ4v) is 4.81. The average molecular weight is 364 g/mol. The molecule has 3 rings (SSSR count). The summed E-state index contributed by atoms with van der Waals surface area (Å²) in [7, 11) is -0.556. The molecule has 128 valence electrons. The minimum atomic E-state index is -3.53. The number of rotatable bonds is 4. The van der Waals surface area contributed by atoms with Crippen LogP contribution in [0.3, 0.4) is 0 Å². The summed E-state index contributed by atoms with van der Waals surface area (Å²) in [6.07, 6.45) is 3.24. The summed E-state index contributed by atoms with van der Waals surface area (Å²) in [5, 5.41) is 2.86. The van der Waals surface area contributed by atoms with E-state index in [0.717, 1.165) is 29.1 Å². The third kappa shape index (κ3) is 3.11. The zero-order chi connectivity index (χ0) is 17.5. The Kier molecular flexibility index (Phi) is 4.50. The van der Waals surface area contributed by atoms with Crippen LogP contribution in [0.25, 0.3) is 0 Å². The zero-order valence-corrected chi connectivity index (χ0v) is 15.6. The standard InChI is InChI=1S/C17H20N2O3S2/c1-11-7-8-13(24(21,22)19(2)3)10-14(11)18-17(20)16-9-12-5-4-6-15(12)23-16/h7-10H,4-6H2,1-3H3,(H,18,20). The summed E-state index contributed by atoms with van der Waals surface area (Å²) in [6.45, 7) is 1.84. The van der Waals surface area contributed by atoms with Crippen LogP contribution in [0.1, 0.15) is 32.1 Å². The van der Waals surface area contributed by atoms with Gasteiger partial charge in [0, 0.05) is 24.7 Å². The second kappa shape index (κ2) is 6.31. The molecule has 1 amide bonds. The van der Waals surface area contributed by atoms with E-state index < -0.39 is 10.0 Å². The van der Waals surface area contributed by atoms with Gasteiger partial charge >= 0.3 is 0 Å². The molecule has 7 heteroatoms. The lowest BCUT2D eigenvalue weighted by molar-refractivity contribution is 0.103. The molecule has 24 heavy (non-hydrogen) atoms. The number of carbonyl (C=O) groups is 1. The maximum Gasteiger partial charge on any atom is 0.265 e. The lowest BCUT2D eigenvalue weighted by atomic mass is 10.2. The van der Waals surface area contributed by atoms with Crippen molar-refractivity contribution in [2.75, 3.05) is 19.4 Å². The molecule has 0 saturated heterocycles. The van der Waals surface area contributed by atoms with Crippen LogP contribution < -0.4 is 5.32 Å². The maximum atomic E-state index is 12.5. The van der Waals surface area contributed by atoms with E-state index in [1.54, 1.807) is 12.1 Å². The first-order valence-electron chi connectivity index (χ1n) is 7.75. The zero-order valence-electron chi connectivity index (χ0n) is 13.9. The molecule has 1 aliphatic rings. The van der Waals surface area contributed by atoms with Gasteiger partial charge < -0.3 is 5.32 Å². The van der Waals surface area contributed by atoms with Crippen LogP contribution in [0.5, 0.6) is 0 Å². The van der Waals surface area contributed by atoms with E-state index in [2.05, 4.69) is 5.32 Å². The Bertz CT molecular complexity index is 877. The highest BCUT2D eigenvalue weighted by Crippen LogP contribution is 2.31. The van der Waals surface area contributed by atoms with Crippen LogP contribution in [0.2, 0.25) is 0 Å². The second-order valence-corrected chi connectivity index (χ2v) is 9.42. The number of nitrogens with zero attached hydrogens (tertiary/aromatic N) is 1. The van der Waals surface area contributed by atoms with Crippen LogP contribution >= 0.6 is 11.3 Å². The number of fused-ring (bicyclic) bond motifs is 1. The van der Waals surface area contributed by atoms with Crippen LogP contribution in [-0.2, 0) is 22.9 Å². The molecule has 1 aliphatic carbocycles. The number of hydrogen-bond acceptors (Lipinski definition) is 4. The average Bonchev–Trinajstić information content (AvgIpc) is 3.10. The molecule has 0 aliphatic heterocycles. The summed E-state index contributed by atoms with van der Waals surface area (Å²) < 4.78 is 25.7. The number of nitrogens with one attached hydrogen (secondary N) is 1. The van der Waals surface area contributed by atoms with Gasteiger partial charge in [0.25, 0.3) is 5.91 Å². The molecule has 1 heterocycles. The van der Waals surface area contributed by atoms with Crippen molar-refractivity contribution in [1.29, 1.82) is 0 Å². The van der Waals surface area contributed by atoms with Gasteiger partial charge in [-0.05, 0) is 55.5 Å². The van der Waals surface area contributed by atoms with E-state index in [0.29, 0.717) is 10.6 Å². The molecule has 0 bridgehead atoms. The molecule has 0 atom stereocenters. The monoisotopic (exact) mass is 364 g/mol. The molecule has 1 N–H and O–H groups in total. The van der Waals surface area contributed by atoms with Gasteiger partial charge in [-0.15, -0.1) is 11.3 Å². The number of anilines is 1. The van der Waals surface area contributed by atoms with Crippen molar-refractivity contribution in [2.24, 2.45) is 0 Å². The van der Waals surface area contributed by atoms with Gasteiger partial charge in [0.15, 0.2) is 0 Å². The number of carbonyl (C=O) groups excluding carboxylic acids is 1. The third-order valence-corrected chi connectivity index (χ3v) is 7.25. The number of hydrogen-bond donors (Lipinski definition) is 1. The van der Waals surface area contributed by atoms with E-state index in [1.807, 2.05) is 13.0 Å². The minimum Gasteiger partial charge on any atom is -0.321 e. The van der Waals surface area contributed by atoms with Crippen molar-refractivity contribution in [1.82, 2.24) is 4.31 Å². The van der Waals surface area contributed by atoms with Crippen molar-refractivity contribution in [3.8, 4) is 0 Å². The predicted molar refractivity (Wildman–Crippen MR) is 96.3 cm³/mol. The number of aryl methyl sites for hydroxylation is 3. The first kappa shape index (κ1) is 17.1. The summed E-state index contributed by atoms with van der Waals surface area (Å²) in [6, 6.07) is 6.74. The number of sulfonamides is 1. The van der Waals surface area contributed by atoms with Crippen molar-refractivity contribution in [3.05, 3.63) is 45.1 Å². The predicted octanol–water partition coefficient (Wildman–Crippen LogP) is 3.05. The fraction of sp³-hybridized carbons (Fsp3) is 0.353. The lowest BCUT2D eigenvalue weighted by Gasteiger charge is -2.14. The Balaban J connectivity index is 1.87. The van der Waals surface area contributed by atoms with Gasteiger partial charge in [-0.3, -0.25) is 4.79 Å². The molecule has 0 radical (unpaired) electrons. The van der Waals surface area contributed by atoms with Crippen molar-refractivity contribution in [3.63, 3.8) is 0 Å². The smallest absolute Gasteiger partial charge is 0.265 e. The Hall–Kier alpha value is -1.70. The molecule has 0 fully saturated rings. The normalized spacial score (nSPS) is 14.0. The molecule has 0 spiro atoms. The highest BCUT2D eigenvalue weighted by molar-refractivity contribution is 7.89. The summed E-state index contributed by atoms with van der Waals surface area (Å²) in [5.74, 6) is -0.183. The van der Waals surface area contributed by atoms with Gasteiger partial charge in [0.2, 0.25) is 10.0 Å². The van der Waals surface area contributed by atoms with E-state index in [1.165, 1.54) is 41.9 Å². The van der Waals surface area contributed by atoms with Crippen molar-refractivity contribution in [2.45, 2.75) is 31.1 Å².